The molecule has 0 amide bonds. The molecule has 0 heterocycles. The lowest BCUT2D eigenvalue weighted by atomic mass is 9.69. The molecule has 0 aliphatic heterocycles. The van der Waals surface area contributed by atoms with Gasteiger partial charge in [-0.25, -0.2) is 0 Å². The van der Waals surface area contributed by atoms with Crippen molar-refractivity contribution < 1.29 is 0 Å². The van der Waals surface area contributed by atoms with E-state index in [0.717, 1.165) is 17.4 Å². The van der Waals surface area contributed by atoms with E-state index in [4.69, 9.17) is 11.6 Å². The first-order valence-electron chi connectivity index (χ1n) is 8.34. The molecule has 1 aromatic carbocycles. The molecular weight excluding hydrogens is 278 g/mol. The number of halogens is 1. The van der Waals surface area contributed by atoms with Crippen LogP contribution in [0, 0.1) is 16.7 Å². The average Bonchev–Trinajstić information content (AvgIpc) is 2.74. The summed E-state index contributed by atoms with van der Waals surface area (Å²) in [6, 6.07) is 9.35. The highest BCUT2D eigenvalue weighted by atomic mass is 35.5. The van der Waals surface area contributed by atoms with E-state index >= 15 is 0 Å². The number of fused-ring (bicyclic) bond motifs is 2. The van der Waals surface area contributed by atoms with E-state index in [9.17, 15) is 0 Å². The van der Waals surface area contributed by atoms with Crippen LogP contribution in [0.4, 0.5) is 0 Å². The minimum atomic E-state index is 0.451. The maximum Gasteiger partial charge on any atom is 0.0438 e. The maximum atomic E-state index is 6.29. The Bertz CT molecular complexity index is 524. The fourth-order valence-electron chi connectivity index (χ4n) is 4.85. The molecule has 2 aliphatic carbocycles. The Balaban J connectivity index is 1.67. The van der Waals surface area contributed by atoms with Gasteiger partial charge in [0.25, 0.3) is 0 Å². The molecule has 3 rings (SSSR count). The fourth-order valence-corrected chi connectivity index (χ4v) is 5.06. The van der Waals surface area contributed by atoms with E-state index < -0.39 is 0 Å². The van der Waals surface area contributed by atoms with Crippen molar-refractivity contribution in [1.29, 1.82) is 0 Å². The zero-order valence-electron chi connectivity index (χ0n) is 13.7. The van der Waals surface area contributed by atoms with Crippen molar-refractivity contribution >= 4 is 11.6 Å². The van der Waals surface area contributed by atoms with Gasteiger partial charge in [-0.2, -0.15) is 0 Å². The molecule has 2 heteroatoms. The van der Waals surface area contributed by atoms with Gasteiger partial charge in [-0.1, -0.05) is 50.6 Å². The molecule has 0 aromatic heterocycles. The molecular formula is C19H28ClN. The van der Waals surface area contributed by atoms with Crippen LogP contribution in [0.5, 0.6) is 0 Å². The lowest BCUT2D eigenvalue weighted by Gasteiger charge is -2.40. The maximum absolute atomic E-state index is 6.29. The number of rotatable bonds is 4. The normalized spacial score (nSPS) is 35.1. The van der Waals surface area contributed by atoms with Crippen LogP contribution in [0.2, 0.25) is 5.02 Å². The molecule has 2 saturated carbocycles. The Hall–Kier alpha value is -0.530. The summed E-state index contributed by atoms with van der Waals surface area (Å²) in [5.41, 5.74) is 2.19. The molecule has 1 aromatic rings. The Morgan fingerprint density at radius 2 is 2.00 bits per heavy atom. The van der Waals surface area contributed by atoms with Crippen LogP contribution >= 0.6 is 11.6 Å². The van der Waals surface area contributed by atoms with Crippen LogP contribution in [0.3, 0.4) is 0 Å². The monoisotopic (exact) mass is 305 g/mol. The van der Waals surface area contributed by atoms with E-state index in [2.05, 4.69) is 45.1 Å². The van der Waals surface area contributed by atoms with E-state index in [0.29, 0.717) is 22.9 Å². The molecule has 4 atom stereocenters. The van der Waals surface area contributed by atoms with Gasteiger partial charge >= 0.3 is 0 Å². The van der Waals surface area contributed by atoms with Crippen LogP contribution in [0.25, 0.3) is 0 Å². The quantitative estimate of drug-likeness (QED) is 0.818. The first-order chi connectivity index (χ1) is 9.84. The first kappa shape index (κ1) is 15.4. The van der Waals surface area contributed by atoms with Crippen LogP contribution < -0.4 is 5.32 Å². The van der Waals surface area contributed by atoms with Crippen molar-refractivity contribution in [1.82, 2.24) is 5.32 Å². The Kier molecular flexibility index (Phi) is 3.86. The lowest BCUT2D eigenvalue weighted by Crippen LogP contribution is -2.48. The van der Waals surface area contributed by atoms with Gasteiger partial charge in [0, 0.05) is 17.1 Å². The van der Waals surface area contributed by atoms with Crippen LogP contribution in [0.15, 0.2) is 24.3 Å². The van der Waals surface area contributed by atoms with Gasteiger partial charge in [-0.05, 0) is 61.0 Å². The summed E-state index contributed by atoms with van der Waals surface area (Å²) >= 11 is 6.29. The van der Waals surface area contributed by atoms with E-state index in [1.54, 1.807) is 0 Å². The summed E-state index contributed by atoms with van der Waals surface area (Å²) in [6.45, 7) is 9.75. The van der Waals surface area contributed by atoms with Crippen molar-refractivity contribution in [3.05, 3.63) is 34.9 Å². The fraction of sp³-hybridized carbons (Fsp3) is 0.684. The molecule has 21 heavy (non-hydrogen) atoms. The number of hydrogen-bond donors (Lipinski definition) is 1. The van der Waals surface area contributed by atoms with Crippen LogP contribution in [0.1, 0.15) is 52.5 Å². The highest BCUT2D eigenvalue weighted by Crippen LogP contribution is 2.65. The largest absolute Gasteiger partial charge is 0.311 e. The standard InChI is InChI=1S/C19H28ClN/c1-13(11-14-7-5-6-8-16(14)20)21-17-12-15-9-10-19(17,4)18(15,2)3/h5-8,13,15,17,21H,9-12H2,1-4H3. The third-order valence-electron chi connectivity index (χ3n) is 6.76. The molecule has 1 N–H and O–H groups in total. The lowest BCUT2D eigenvalue weighted by molar-refractivity contribution is 0.116. The van der Waals surface area contributed by atoms with Crippen LogP contribution in [-0.2, 0) is 6.42 Å². The number of benzene rings is 1. The molecule has 2 aliphatic rings. The second-order valence-electron chi connectivity index (χ2n) is 8.03. The summed E-state index contributed by atoms with van der Waals surface area (Å²) in [7, 11) is 0. The number of hydrogen-bond acceptors (Lipinski definition) is 1. The predicted molar refractivity (Wildman–Crippen MR) is 90.8 cm³/mol. The van der Waals surface area contributed by atoms with Crippen molar-refractivity contribution in [2.75, 3.05) is 0 Å². The minimum Gasteiger partial charge on any atom is -0.311 e. The van der Waals surface area contributed by atoms with Gasteiger partial charge in [0.2, 0.25) is 0 Å². The Morgan fingerprint density at radius 3 is 2.57 bits per heavy atom. The molecule has 116 valence electrons. The highest BCUT2D eigenvalue weighted by molar-refractivity contribution is 6.31. The molecule has 0 radical (unpaired) electrons. The van der Waals surface area contributed by atoms with E-state index in [1.807, 2.05) is 12.1 Å². The predicted octanol–water partition coefficient (Wildman–Crippen LogP) is 5.08. The molecule has 4 unspecified atom stereocenters. The third-order valence-corrected chi connectivity index (χ3v) is 7.13. The average molecular weight is 306 g/mol. The van der Waals surface area contributed by atoms with Crippen molar-refractivity contribution in [3.63, 3.8) is 0 Å². The summed E-state index contributed by atoms with van der Waals surface area (Å²) in [4.78, 5) is 0. The SMILES string of the molecule is CC(Cc1ccccc1Cl)NC1CC2CCC1(C)C2(C)C. The third kappa shape index (κ3) is 2.43. The molecule has 0 saturated heterocycles. The van der Waals surface area contributed by atoms with Gasteiger partial charge in [-0.15, -0.1) is 0 Å². The molecule has 2 fully saturated rings. The summed E-state index contributed by atoms with van der Waals surface area (Å²) in [5, 5.41) is 4.82. The second kappa shape index (κ2) is 5.28. The summed E-state index contributed by atoms with van der Waals surface area (Å²) < 4.78 is 0. The van der Waals surface area contributed by atoms with Crippen LogP contribution in [-0.4, -0.2) is 12.1 Å². The zero-order chi connectivity index (χ0) is 15.3. The van der Waals surface area contributed by atoms with Crippen molar-refractivity contribution in [2.45, 2.75) is 65.5 Å². The van der Waals surface area contributed by atoms with Gasteiger partial charge in [0.1, 0.15) is 0 Å². The summed E-state index contributed by atoms with van der Waals surface area (Å²) in [6.07, 6.45) is 5.15. The van der Waals surface area contributed by atoms with E-state index in [1.165, 1.54) is 24.8 Å². The Labute approximate surface area is 134 Å². The van der Waals surface area contributed by atoms with E-state index in [-0.39, 0.29) is 0 Å². The second-order valence-corrected chi connectivity index (χ2v) is 8.43. The van der Waals surface area contributed by atoms with Crippen molar-refractivity contribution in [3.8, 4) is 0 Å². The van der Waals surface area contributed by atoms with Gasteiger partial charge in [0.05, 0.1) is 0 Å². The topological polar surface area (TPSA) is 12.0 Å². The first-order valence-corrected chi connectivity index (χ1v) is 8.72. The van der Waals surface area contributed by atoms with Crippen molar-refractivity contribution in [2.24, 2.45) is 16.7 Å². The molecule has 2 bridgehead atoms. The van der Waals surface area contributed by atoms with Gasteiger partial charge < -0.3 is 5.32 Å². The highest BCUT2D eigenvalue weighted by Gasteiger charge is 2.61. The smallest absolute Gasteiger partial charge is 0.0438 e. The number of nitrogens with one attached hydrogen (secondary N) is 1. The Morgan fingerprint density at radius 1 is 1.29 bits per heavy atom. The molecule has 0 spiro atoms. The van der Waals surface area contributed by atoms with Gasteiger partial charge in [0.15, 0.2) is 0 Å². The zero-order valence-corrected chi connectivity index (χ0v) is 14.5. The molecule has 1 nitrogen and oxygen atoms in total. The van der Waals surface area contributed by atoms with Gasteiger partial charge in [-0.3, -0.25) is 0 Å². The minimum absolute atomic E-state index is 0.451. The summed E-state index contributed by atoms with van der Waals surface area (Å²) in [5.74, 6) is 0.896.